The molecule has 0 unspecified atom stereocenters. The summed E-state index contributed by atoms with van der Waals surface area (Å²) >= 11 is 0. The topological polar surface area (TPSA) is 15.7 Å². The fraction of sp³-hybridized carbons (Fsp3) is 0. The van der Waals surface area contributed by atoms with Crippen molar-refractivity contribution in [3.63, 3.8) is 0 Å². The van der Waals surface area contributed by atoms with Gasteiger partial charge in [-0.25, -0.2) is 0 Å². The van der Waals surface area contributed by atoms with Gasteiger partial charge < -0.3 is 14.5 Å². The third-order valence-electron chi connectivity index (χ3n) is 12.6. The molecule has 11 aromatic carbocycles. The first-order valence-electron chi connectivity index (χ1n) is 22.2. The Balaban J connectivity index is 0.998. The van der Waals surface area contributed by atoms with Crippen molar-refractivity contribution in [2.24, 2.45) is 0 Å². The number of ether oxygens (including phenoxy) is 1. The van der Waals surface area contributed by atoms with Crippen molar-refractivity contribution in [3.8, 4) is 56.0 Å². The molecule has 0 saturated carbocycles. The quantitative estimate of drug-likeness (QED) is 0.144. The van der Waals surface area contributed by atoms with Gasteiger partial charge in [0.1, 0.15) is 11.5 Å². The van der Waals surface area contributed by atoms with E-state index in [1.165, 1.54) is 44.2 Å². The first-order valence-corrected chi connectivity index (χ1v) is 22.2. The number of hydrogen-bond donors (Lipinski definition) is 0. The van der Waals surface area contributed by atoms with Crippen LogP contribution in [-0.2, 0) is 0 Å². The normalized spacial score (nSPS) is 11.5. The lowest BCUT2D eigenvalue weighted by Gasteiger charge is -2.32. The van der Waals surface area contributed by atoms with Gasteiger partial charge in [-0.05, 0) is 122 Å². The molecule has 0 atom stereocenters. The molecule has 1 aliphatic heterocycles. The minimum atomic E-state index is 0.816. The van der Waals surface area contributed by atoms with Crippen LogP contribution in [0.5, 0.6) is 11.5 Å². The maximum atomic E-state index is 7.12. The highest BCUT2D eigenvalue weighted by molar-refractivity contribution is 6.09. The summed E-state index contributed by atoms with van der Waals surface area (Å²) in [6.45, 7) is 0. The molecule has 0 aliphatic carbocycles. The first-order chi connectivity index (χ1) is 32.2. The molecule has 1 aliphatic rings. The summed E-state index contributed by atoms with van der Waals surface area (Å²) in [6.07, 6.45) is 0. The molecule has 0 amide bonds. The molecule has 306 valence electrons. The van der Waals surface area contributed by atoms with Gasteiger partial charge in [0, 0.05) is 39.8 Å². The van der Waals surface area contributed by atoms with Crippen LogP contribution in [0.25, 0.3) is 66.1 Å². The number of benzene rings is 11. The van der Waals surface area contributed by atoms with Crippen molar-refractivity contribution >= 4 is 55.7 Å². The summed E-state index contributed by atoms with van der Waals surface area (Å²) in [5.41, 5.74) is 15.6. The van der Waals surface area contributed by atoms with Gasteiger partial charge in [-0.15, -0.1) is 0 Å². The minimum Gasteiger partial charge on any atom is -0.456 e. The van der Waals surface area contributed by atoms with Crippen molar-refractivity contribution in [3.05, 3.63) is 255 Å². The number of anilines is 6. The van der Waals surface area contributed by atoms with Gasteiger partial charge in [-0.1, -0.05) is 182 Å². The molecule has 3 heteroatoms. The highest BCUT2D eigenvalue weighted by Crippen LogP contribution is 2.54. The van der Waals surface area contributed by atoms with E-state index in [4.69, 9.17) is 4.74 Å². The molecule has 1 heterocycles. The lowest BCUT2D eigenvalue weighted by atomic mass is 9.92. The molecule has 0 fully saturated rings. The van der Waals surface area contributed by atoms with Crippen molar-refractivity contribution in [1.29, 1.82) is 0 Å². The third kappa shape index (κ3) is 7.06. The first kappa shape index (κ1) is 38.0. The fourth-order valence-corrected chi connectivity index (χ4v) is 9.46. The van der Waals surface area contributed by atoms with Crippen LogP contribution in [0, 0.1) is 0 Å². The second-order valence-electron chi connectivity index (χ2n) is 16.5. The second kappa shape index (κ2) is 16.2. The van der Waals surface area contributed by atoms with Crippen molar-refractivity contribution in [2.75, 3.05) is 9.80 Å². The molecule has 11 aromatic rings. The average Bonchev–Trinajstić information content (AvgIpc) is 3.38. The minimum absolute atomic E-state index is 0.816. The molecule has 0 aromatic heterocycles. The largest absolute Gasteiger partial charge is 0.456 e. The lowest BCUT2D eigenvalue weighted by molar-refractivity contribution is 0.487. The van der Waals surface area contributed by atoms with E-state index in [2.05, 4.69) is 265 Å². The van der Waals surface area contributed by atoms with Gasteiger partial charge >= 0.3 is 0 Å². The number of fused-ring (bicyclic) bond motifs is 3. The Morgan fingerprint density at radius 2 is 0.708 bits per heavy atom. The summed E-state index contributed by atoms with van der Waals surface area (Å²) in [4.78, 5) is 4.71. The predicted octanol–water partition coefficient (Wildman–Crippen LogP) is 17.7. The van der Waals surface area contributed by atoms with Crippen LogP contribution in [0.15, 0.2) is 255 Å². The van der Waals surface area contributed by atoms with Crippen LogP contribution in [0.3, 0.4) is 0 Å². The number of hydrogen-bond acceptors (Lipinski definition) is 3. The average molecular weight is 831 g/mol. The van der Waals surface area contributed by atoms with Crippen LogP contribution in [0.4, 0.5) is 34.1 Å². The van der Waals surface area contributed by atoms with Gasteiger partial charge in [0.25, 0.3) is 0 Å². The molecule has 0 saturated heterocycles. The molecule has 0 bridgehead atoms. The lowest BCUT2D eigenvalue weighted by Crippen LogP contribution is -2.13. The van der Waals surface area contributed by atoms with Crippen molar-refractivity contribution < 1.29 is 4.74 Å². The summed E-state index contributed by atoms with van der Waals surface area (Å²) in [5, 5.41) is 4.59. The highest BCUT2D eigenvalue weighted by Gasteiger charge is 2.28. The van der Waals surface area contributed by atoms with E-state index < -0.39 is 0 Å². The molecule has 65 heavy (non-hydrogen) atoms. The summed E-state index contributed by atoms with van der Waals surface area (Å²) in [5.74, 6) is 1.64. The Bertz CT molecular complexity index is 3390. The van der Waals surface area contributed by atoms with Crippen LogP contribution in [-0.4, -0.2) is 0 Å². The molecular weight excluding hydrogens is 789 g/mol. The highest BCUT2D eigenvalue weighted by atomic mass is 16.5. The zero-order chi connectivity index (χ0) is 43.1. The van der Waals surface area contributed by atoms with Crippen LogP contribution < -0.4 is 14.5 Å². The fourth-order valence-electron chi connectivity index (χ4n) is 9.46. The van der Waals surface area contributed by atoms with E-state index in [0.29, 0.717) is 0 Å². The molecule has 3 nitrogen and oxygen atoms in total. The van der Waals surface area contributed by atoms with Crippen molar-refractivity contribution in [1.82, 2.24) is 0 Å². The van der Waals surface area contributed by atoms with Crippen molar-refractivity contribution in [2.45, 2.75) is 0 Å². The van der Waals surface area contributed by atoms with Crippen LogP contribution >= 0.6 is 0 Å². The Labute approximate surface area is 379 Å². The molecule has 12 rings (SSSR count). The predicted molar refractivity (Wildman–Crippen MR) is 273 cm³/mol. The Morgan fingerprint density at radius 3 is 1.28 bits per heavy atom. The molecule has 0 N–H and O–H groups in total. The van der Waals surface area contributed by atoms with Gasteiger partial charge in [-0.2, -0.15) is 0 Å². The number of nitrogens with zero attached hydrogens (tertiary/aromatic N) is 2. The summed E-state index contributed by atoms with van der Waals surface area (Å²) in [6, 6.07) is 91.2. The number of rotatable bonds is 9. The van der Waals surface area contributed by atoms with Gasteiger partial charge in [-0.3, -0.25) is 0 Å². The smallest absolute Gasteiger partial charge is 0.138 e. The summed E-state index contributed by atoms with van der Waals surface area (Å²) in [7, 11) is 0. The Hall–Kier alpha value is -8.66. The van der Waals surface area contributed by atoms with Gasteiger partial charge in [0.15, 0.2) is 0 Å². The molecule has 0 spiro atoms. The zero-order valence-electron chi connectivity index (χ0n) is 35.6. The maximum Gasteiger partial charge on any atom is 0.138 e. The van der Waals surface area contributed by atoms with Gasteiger partial charge in [0.2, 0.25) is 0 Å². The van der Waals surface area contributed by atoms with Crippen LogP contribution in [0.2, 0.25) is 0 Å². The van der Waals surface area contributed by atoms with E-state index in [1.807, 2.05) is 0 Å². The van der Waals surface area contributed by atoms with E-state index in [9.17, 15) is 0 Å². The molecule has 0 radical (unpaired) electrons. The SMILES string of the molecule is c1ccc(-c2ccc(N(c3ccc4ccccc4c3)c3cc4c5c(cccc5c3)-c3c(cccc3N(c3ccc(-c5ccccc5)cc3)c3ccc(-c5ccccc5)cc3)O4)cc2)cc1. The summed E-state index contributed by atoms with van der Waals surface area (Å²) < 4.78 is 7.12. The van der Waals surface area contributed by atoms with E-state index in [-0.39, 0.29) is 0 Å². The molecular formula is C62H42N2O. The monoisotopic (exact) mass is 830 g/mol. The zero-order valence-corrected chi connectivity index (χ0v) is 35.6. The van der Waals surface area contributed by atoms with Gasteiger partial charge in [0.05, 0.1) is 11.4 Å². The third-order valence-corrected chi connectivity index (χ3v) is 12.6. The maximum absolute atomic E-state index is 7.12. The van der Waals surface area contributed by atoms with E-state index in [0.717, 1.165) is 67.5 Å². The van der Waals surface area contributed by atoms with E-state index in [1.54, 1.807) is 0 Å². The Morgan fingerprint density at radius 1 is 0.262 bits per heavy atom. The standard InChI is InChI=1S/C62H42N2O/c1-4-14-43(15-5-1)47-26-33-52(34-27-47)63(55-39-32-46-20-10-11-21-50(46)40-55)56-41-51-22-12-23-57-61(51)60(42-56)65-59-25-13-24-58(62(57)59)64(53-35-28-48(29-36-53)44-16-6-2-7-17-44)54-37-30-49(31-38-54)45-18-8-3-9-19-45/h1-42H. The Kier molecular flexibility index (Phi) is 9.50. The van der Waals surface area contributed by atoms with E-state index >= 15 is 0 Å². The second-order valence-corrected chi connectivity index (χ2v) is 16.5. The van der Waals surface area contributed by atoms with Crippen LogP contribution in [0.1, 0.15) is 0 Å².